The molecule has 0 amide bonds. The molecule has 0 aromatic heterocycles. The van der Waals surface area contributed by atoms with Crippen molar-refractivity contribution in [2.75, 3.05) is 7.11 Å². The maximum Gasteiger partial charge on any atom is 0.379 e. The molecule has 0 fully saturated rings. The Bertz CT molecular complexity index is 406. The number of esters is 1. The molecule has 0 radical (unpaired) electrons. The van der Waals surface area contributed by atoms with E-state index in [1.54, 1.807) is 0 Å². The van der Waals surface area contributed by atoms with Crippen molar-refractivity contribution >= 4 is 46.6 Å². The van der Waals surface area contributed by atoms with Crippen molar-refractivity contribution in [1.82, 2.24) is 0 Å². The van der Waals surface area contributed by atoms with Crippen LogP contribution in [-0.2, 0) is 9.53 Å². The maximum absolute atomic E-state index is 11.4. The minimum absolute atomic E-state index is 0.0166. The van der Waals surface area contributed by atoms with Gasteiger partial charge < -0.3 is 4.74 Å². The van der Waals surface area contributed by atoms with E-state index in [2.05, 4.69) is 4.74 Å². The molecule has 80 valence electrons. The molecule has 0 N–H and O–H groups in total. The van der Waals surface area contributed by atoms with Crippen molar-refractivity contribution in [3.63, 3.8) is 0 Å². The monoisotopic (exact) mass is 266 g/mol. The summed E-state index contributed by atoms with van der Waals surface area (Å²) >= 11 is 17.1. The van der Waals surface area contributed by atoms with Gasteiger partial charge in [-0.1, -0.05) is 34.8 Å². The molecule has 0 heterocycles. The van der Waals surface area contributed by atoms with Gasteiger partial charge in [-0.3, -0.25) is 4.79 Å². The standard InChI is InChI=1S/C9H5Cl3O3/c1-15-9(14)8(13)7-5(11)2-4(10)3-6(7)12/h2-3H,1H3. The number of hydrogen-bond acceptors (Lipinski definition) is 3. The number of carbonyl (C=O) groups excluding carboxylic acids is 2. The lowest BCUT2D eigenvalue weighted by Gasteiger charge is -2.04. The van der Waals surface area contributed by atoms with E-state index in [9.17, 15) is 9.59 Å². The zero-order valence-electron chi connectivity index (χ0n) is 7.51. The van der Waals surface area contributed by atoms with Gasteiger partial charge in [-0.25, -0.2) is 4.79 Å². The maximum atomic E-state index is 11.4. The largest absolute Gasteiger partial charge is 0.463 e. The molecule has 1 aromatic carbocycles. The molecule has 1 aromatic rings. The first kappa shape index (κ1) is 12.3. The Kier molecular flexibility index (Phi) is 3.97. The molecule has 15 heavy (non-hydrogen) atoms. The second kappa shape index (κ2) is 4.84. The first-order valence-electron chi connectivity index (χ1n) is 3.74. The summed E-state index contributed by atoms with van der Waals surface area (Å²) in [6.45, 7) is 0. The summed E-state index contributed by atoms with van der Waals surface area (Å²) in [5.74, 6) is -1.93. The highest BCUT2D eigenvalue weighted by Gasteiger charge is 2.23. The van der Waals surface area contributed by atoms with E-state index < -0.39 is 11.8 Å². The van der Waals surface area contributed by atoms with Crippen LogP contribution in [0.1, 0.15) is 10.4 Å². The van der Waals surface area contributed by atoms with Crippen LogP contribution in [0.15, 0.2) is 12.1 Å². The Morgan fingerprint density at radius 2 is 1.60 bits per heavy atom. The van der Waals surface area contributed by atoms with Crippen LogP contribution >= 0.6 is 34.8 Å². The highest BCUT2D eigenvalue weighted by molar-refractivity contribution is 6.50. The van der Waals surface area contributed by atoms with Gasteiger partial charge in [0.1, 0.15) is 0 Å². The summed E-state index contributed by atoms with van der Waals surface area (Å²) in [4.78, 5) is 22.4. The Hall–Kier alpha value is -0.770. The summed E-state index contributed by atoms with van der Waals surface area (Å²) < 4.78 is 4.27. The van der Waals surface area contributed by atoms with E-state index in [4.69, 9.17) is 34.8 Å². The van der Waals surface area contributed by atoms with Crippen LogP contribution in [-0.4, -0.2) is 18.9 Å². The molecular weight excluding hydrogens is 262 g/mol. The summed E-state index contributed by atoms with van der Waals surface area (Å²) in [7, 11) is 1.10. The van der Waals surface area contributed by atoms with Crippen molar-refractivity contribution in [1.29, 1.82) is 0 Å². The molecule has 6 heteroatoms. The van der Waals surface area contributed by atoms with Crippen LogP contribution in [0.3, 0.4) is 0 Å². The molecule has 0 atom stereocenters. The molecule has 0 spiro atoms. The Balaban J connectivity index is 3.26. The van der Waals surface area contributed by atoms with Gasteiger partial charge in [0.2, 0.25) is 0 Å². The van der Waals surface area contributed by atoms with Gasteiger partial charge in [0.15, 0.2) is 0 Å². The first-order chi connectivity index (χ1) is 6.97. The van der Waals surface area contributed by atoms with Crippen molar-refractivity contribution < 1.29 is 14.3 Å². The summed E-state index contributed by atoms with van der Waals surface area (Å²) in [5, 5.41) is 0.317. The van der Waals surface area contributed by atoms with E-state index in [0.717, 1.165) is 7.11 Å². The van der Waals surface area contributed by atoms with Crippen LogP contribution in [0, 0.1) is 0 Å². The van der Waals surface area contributed by atoms with Gasteiger partial charge in [-0.05, 0) is 12.1 Å². The van der Waals surface area contributed by atoms with Crippen LogP contribution in [0.5, 0.6) is 0 Å². The third-order valence-electron chi connectivity index (χ3n) is 1.60. The van der Waals surface area contributed by atoms with Crippen molar-refractivity contribution in [2.24, 2.45) is 0 Å². The molecule has 3 nitrogen and oxygen atoms in total. The Morgan fingerprint density at radius 3 is 2.00 bits per heavy atom. The second-order valence-corrected chi connectivity index (χ2v) is 3.82. The fourth-order valence-corrected chi connectivity index (χ4v) is 1.94. The highest BCUT2D eigenvalue weighted by atomic mass is 35.5. The van der Waals surface area contributed by atoms with E-state index in [1.807, 2.05) is 0 Å². The smallest absolute Gasteiger partial charge is 0.379 e. The minimum atomic E-state index is -1.03. The Morgan fingerprint density at radius 1 is 1.13 bits per heavy atom. The number of carbonyl (C=O) groups is 2. The Labute approximate surface area is 101 Å². The zero-order chi connectivity index (χ0) is 11.6. The van der Waals surface area contributed by atoms with Gasteiger partial charge in [0.05, 0.1) is 22.7 Å². The van der Waals surface area contributed by atoms with E-state index in [0.29, 0.717) is 0 Å². The summed E-state index contributed by atoms with van der Waals surface area (Å²) in [6.07, 6.45) is 0. The number of ether oxygens (including phenoxy) is 1. The number of Topliss-reactive ketones (excluding diaryl/α,β-unsaturated/α-hetero) is 1. The lowest BCUT2D eigenvalue weighted by atomic mass is 10.1. The van der Waals surface area contributed by atoms with Crippen molar-refractivity contribution in [2.45, 2.75) is 0 Å². The topological polar surface area (TPSA) is 43.4 Å². The third-order valence-corrected chi connectivity index (χ3v) is 2.42. The quantitative estimate of drug-likeness (QED) is 0.470. The van der Waals surface area contributed by atoms with Gasteiger partial charge >= 0.3 is 5.97 Å². The summed E-state index contributed by atoms with van der Waals surface area (Å²) in [6, 6.07) is 2.65. The average molecular weight is 267 g/mol. The van der Waals surface area contributed by atoms with Gasteiger partial charge in [-0.15, -0.1) is 0 Å². The average Bonchev–Trinajstić information content (AvgIpc) is 2.14. The van der Waals surface area contributed by atoms with Gasteiger partial charge in [0.25, 0.3) is 5.78 Å². The predicted molar refractivity (Wildman–Crippen MR) is 57.8 cm³/mol. The van der Waals surface area contributed by atoms with E-state index in [-0.39, 0.29) is 20.6 Å². The van der Waals surface area contributed by atoms with Crippen molar-refractivity contribution in [3.05, 3.63) is 32.8 Å². The van der Waals surface area contributed by atoms with E-state index in [1.165, 1.54) is 12.1 Å². The number of methoxy groups -OCH3 is 1. The molecule has 1 rings (SSSR count). The fourth-order valence-electron chi connectivity index (χ4n) is 0.954. The molecular formula is C9H5Cl3O3. The normalized spacial score (nSPS) is 9.87. The molecule has 0 saturated heterocycles. The SMILES string of the molecule is COC(=O)C(=O)c1c(Cl)cc(Cl)cc1Cl. The third kappa shape index (κ3) is 2.62. The number of hydrogen-bond donors (Lipinski definition) is 0. The van der Waals surface area contributed by atoms with Crippen LogP contribution < -0.4 is 0 Å². The van der Waals surface area contributed by atoms with E-state index >= 15 is 0 Å². The van der Waals surface area contributed by atoms with Crippen molar-refractivity contribution in [3.8, 4) is 0 Å². The first-order valence-corrected chi connectivity index (χ1v) is 4.88. The molecule has 0 aliphatic carbocycles. The molecule has 0 bridgehead atoms. The molecule has 0 saturated carbocycles. The number of rotatable bonds is 2. The predicted octanol–water partition coefficient (Wildman–Crippen LogP) is 3.00. The van der Waals surface area contributed by atoms with Crippen LogP contribution in [0.2, 0.25) is 15.1 Å². The van der Waals surface area contributed by atoms with Gasteiger partial charge in [-0.2, -0.15) is 0 Å². The minimum Gasteiger partial charge on any atom is -0.463 e. The van der Waals surface area contributed by atoms with Gasteiger partial charge in [0, 0.05) is 5.02 Å². The number of halogens is 3. The molecule has 0 aliphatic rings. The molecule has 0 unspecified atom stereocenters. The lowest BCUT2D eigenvalue weighted by Crippen LogP contribution is -2.16. The zero-order valence-corrected chi connectivity index (χ0v) is 9.78. The lowest BCUT2D eigenvalue weighted by molar-refractivity contribution is -0.135. The van der Waals surface area contributed by atoms with Crippen LogP contribution in [0.4, 0.5) is 0 Å². The van der Waals surface area contributed by atoms with Crippen LogP contribution in [0.25, 0.3) is 0 Å². The second-order valence-electron chi connectivity index (χ2n) is 2.57. The fraction of sp³-hybridized carbons (Fsp3) is 0.111. The number of ketones is 1. The highest BCUT2D eigenvalue weighted by Crippen LogP contribution is 2.29. The molecule has 0 aliphatic heterocycles. The summed E-state index contributed by atoms with van der Waals surface area (Å²) in [5.41, 5.74) is -0.102. The number of benzene rings is 1.